The summed E-state index contributed by atoms with van der Waals surface area (Å²) >= 11 is 11.3. The summed E-state index contributed by atoms with van der Waals surface area (Å²) in [5.74, 6) is -0.329. The summed E-state index contributed by atoms with van der Waals surface area (Å²) in [6.45, 7) is 0. The van der Waals surface area contributed by atoms with Crippen molar-refractivity contribution < 1.29 is 30.0 Å². The van der Waals surface area contributed by atoms with Gasteiger partial charge in [0.1, 0.15) is 0 Å². The molecule has 13 heteroatoms. The first kappa shape index (κ1) is 25.2. The molecule has 0 aliphatic rings. The minimum Gasteiger partial charge on any atom is -0.283 e. The van der Waals surface area contributed by atoms with Crippen molar-refractivity contribution in [1.82, 2.24) is 0 Å². The third kappa shape index (κ3) is 6.76. The summed E-state index contributed by atoms with van der Waals surface area (Å²) in [5, 5.41) is -0.108. The van der Waals surface area contributed by atoms with Gasteiger partial charge in [-0.25, -0.2) is 16.8 Å². The SMILES string of the molecule is O=S(=O)(Cc1ccc(Cl)cc1)Nc1ccc(S(=O)(=O)Nc2ccc(Cl)c(C(F)(F)F)c2)cc1. The highest BCUT2D eigenvalue weighted by molar-refractivity contribution is 7.92. The lowest BCUT2D eigenvalue weighted by Crippen LogP contribution is -2.16. The summed E-state index contributed by atoms with van der Waals surface area (Å²) < 4.78 is 93.1. The summed E-state index contributed by atoms with van der Waals surface area (Å²) in [6.07, 6.45) is -4.76. The topological polar surface area (TPSA) is 92.3 Å². The fraction of sp³-hybridized carbons (Fsp3) is 0.100. The molecule has 0 saturated carbocycles. The second-order valence-corrected chi connectivity index (χ2v) is 11.1. The van der Waals surface area contributed by atoms with Crippen LogP contribution in [0.2, 0.25) is 10.0 Å². The first-order valence-corrected chi connectivity index (χ1v) is 12.9. The molecule has 0 amide bonds. The van der Waals surface area contributed by atoms with Gasteiger partial charge in [0.05, 0.1) is 21.2 Å². The number of benzene rings is 3. The molecule has 3 aromatic rings. The predicted molar refractivity (Wildman–Crippen MR) is 121 cm³/mol. The summed E-state index contributed by atoms with van der Waals surface area (Å²) in [6, 6.07) is 13.5. The van der Waals surface area contributed by atoms with Crippen LogP contribution in [0.25, 0.3) is 0 Å². The second kappa shape index (κ2) is 9.41. The number of hydrogen-bond donors (Lipinski definition) is 2. The van der Waals surface area contributed by atoms with E-state index in [0.717, 1.165) is 24.3 Å². The van der Waals surface area contributed by atoms with Crippen LogP contribution in [0, 0.1) is 0 Å². The van der Waals surface area contributed by atoms with Gasteiger partial charge < -0.3 is 0 Å². The maximum absolute atomic E-state index is 13.0. The number of rotatable bonds is 7. The molecule has 0 atom stereocenters. The highest BCUT2D eigenvalue weighted by Crippen LogP contribution is 2.36. The van der Waals surface area contributed by atoms with Gasteiger partial charge in [0.25, 0.3) is 10.0 Å². The molecule has 2 N–H and O–H groups in total. The molecular formula is C20H15Cl2F3N2O4S2. The second-order valence-electron chi connectivity index (χ2n) is 6.81. The predicted octanol–water partition coefficient (Wildman–Crippen LogP) is 5.75. The van der Waals surface area contributed by atoms with Gasteiger partial charge in [-0.05, 0) is 60.2 Å². The molecular weight excluding hydrogens is 524 g/mol. The van der Waals surface area contributed by atoms with E-state index in [9.17, 15) is 30.0 Å². The Kier molecular flexibility index (Phi) is 7.18. The number of hydrogen-bond acceptors (Lipinski definition) is 4. The molecule has 33 heavy (non-hydrogen) atoms. The van der Waals surface area contributed by atoms with Gasteiger partial charge in [0.2, 0.25) is 10.0 Å². The first-order chi connectivity index (χ1) is 15.2. The molecule has 3 aromatic carbocycles. The maximum Gasteiger partial charge on any atom is 0.417 e. The average Bonchev–Trinajstić information content (AvgIpc) is 2.70. The van der Waals surface area contributed by atoms with E-state index in [4.69, 9.17) is 23.2 Å². The normalized spacial score (nSPS) is 12.4. The van der Waals surface area contributed by atoms with Crippen LogP contribution in [0.4, 0.5) is 24.5 Å². The molecule has 0 aromatic heterocycles. The van der Waals surface area contributed by atoms with E-state index in [0.29, 0.717) is 16.7 Å². The van der Waals surface area contributed by atoms with Gasteiger partial charge in [-0.3, -0.25) is 9.44 Å². The molecule has 0 bridgehead atoms. The number of alkyl halides is 3. The quantitative estimate of drug-likeness (QED) is 0.400. The summed E-state index contributed by atoms with van der Waals surface area (Å²) in [5.41, 5.74) is -0.917. The van der Waals surface area contributed by atoms with E-state index < -0.39 is 36.8 Å². The molecule has 0 fully saturated rings. The van der Waals surface area contributed by atoms with Crippen molar-refractivity contribution in [3.63, 3.8) is 0 Å². The van der Waals surface area contributed by atoms with Gasteiger partial charge in [-0.15, -0.1) is 0 Å². The first-order valence-electron chi connectivity index (χ1n) is 9.00. The number of nitrogens with one attached hydrogen (secondary N) is 2. The van der Waals surface area contributed by atoms with Crippen molar-refractivity contribution in [2.45, 2.75) is 16.8 Å². The molecule has 6 nitrogen and oxygen atoms in total. The van der Waals surface area contributed by atoms with Gasteiger partial charge >= 0.3 is 6.18 Å². The Morgan fingerprint density at radius 2 is 1.33 bits per heavy atom. The monoisotopic (exact) mass is 538 g/mol. The number of sulfonamides is 2. The Labute approximate surface area is 198 Å². The molecule has 0 unspecified atom stereocenters. The fourth-order valence-electron chi connectivity index (χ4n) is 2.74. The van der Waals surface area contributed by atoms with Gasteiger partial charge in [-0.2, -0.15) is 13.2 Å². The Hall–Kier alpha value is -2.47. The number of halogens is 5. The Morgan fingerprint density at radius 3 is 1.91 bits per heavy atom. The third-order valence-electron chi connectivity index (χ3n) is 4.23. The van der Waals surface area contributed by atoms with Gasteiger partial charge in [-0.1, -0.05) is 35.3 Å². The Morgan fingerprint density at radius 1 is 0.758 bits per heavy atom. The zero-order chi connectivity index (χ0) is 24.4. The average molecular weight is 539 g/mol. The zero-order valence-electron chi connectivity index (χ0n) is 16.4. The molecule has 0 saturated heterocycles. The van der Waals surface area contributed by atoms with Crippen LogP contribution in [0.15, 0.2) is 71.6 Å². The number of anilines is 2. The highest BCUT2D eigenvalue weighted by Gasteiger charge is 2.33. The van der Waals surface area contributed by atoms with Crippen LogP contribution in [0.5, 0.6) is 0 Å². The van der Waals surface area contributed by atoms with Gasteiger partial charge in [0.15, 0.2) is 0 Å². The van der Waals surface area contributed by atoms with Crippen molar-refractivity contribution >= 4 is 54.6 Å². The van der Waals surface area contributed by atoms with Crippen LogP contribution in [0.1, 0.15) is 11.1 Å². The highest BCUT2D eigenvalue weighted by atomic mass is 35.5. The van der Waals surface area contributed by atoms with Crippen molar-refractivity contribution in [3.8, 4) is 0 Å². The summed E-state index contributed by atoms with van der Waals surface area (Å²) in [4.78, 5) is -0.286. The Balaban J connectivity index is 1.74. The maximum atomic E-state index is 13.0. The molecule has 0 aliphatic heterocycles. The molecule has 0 aliphatic carbocycles. The molecule has 3 rings (SSSR count). The van der Waals surface area contributed by atoms with Crippen LogP contribution in [0.3, 0.4) is 0 Å². The van der Waals surface area contributed by atoms with Crippen LogP contribution in [-0.4, -0.2) is 16.8 Å². The summed E-state index contributed by atoms with van der Waals surface area (Å²) in [7, 11) is -8.05. The van der Waals surface area contributed by atoms with Crippen molar-refractivity contribution in [2.75, 3.05) is 9.44 Å². The minimum atomic E-state index is -4.76. The Bertz CT molecular complexity index is 1360. The fourth-order valence-corrected chi connectivity index (χ4v) is 5.34. The van der Waals surface area contributed by atoms with Crippen LogP contribution in [-0.2, 0) is 32.0 Å². The minimum absolute atomic E-state index is 0.105. The lowest BCUT2D eigenvalue weighted by Gasteiger charge is -2.13. The standard InChI is InChI=1S/C20H15Cl2F3N2O4S2/c21-14-3-1-13(2-4-14)12-32(28,29)26-15-5-8-17(9-6-15)33(30,31)27-16-7-10-19(22)18(11-16)20(23,24)25/h1-11,26-27H,12H2. The van der Waals surface area contributed by atoms with Crippen molar-refractivity contribution in [2.24, 2.45) is 0 Å². The largest absolute Gasteiger partial charge is 0.417 e. The molecule has 0 spiro atoms. The van der Waals surface area contributed by atoms with Gasteiger partial charge in [0, 0.05) is 16.4 Å². The lowest BCUT2D eigenvalue weighted by molar-refractivity contribution is -0.137. The van der Waals surface area contributed by atoms with E-state index in [1.54, 1.807) is 24.3 Å². The van der Waals surface area contributed by atoms with Crippen LogP contribution < -0.4 is 9.44 Å². The molecule has 0 heterocycles. The third-order valence-corrected chi connectivity index (χ3v) is 7.47. The molecule has 0 radical (unpaired) electrons. The van der Waals surface area contributed by atoms with Crippen molar-refractivity contribution in [1.29, 1.82) is 0 Å². The van der Waals surface area contributed by atoms with E-state index in [1.165, 1.54) is 12.1 Å². The molecule has 176 valence electrons. The zero-order valence-corrected chi connectivity index (χ0v) is 19.5. The van der Waals surface area contributed by atoms with Crippen LogP contribution >= 0.6 is 23.2 Å². The van der Waals surface area contributed by atoms with E-state index in [2.05, 4.69) is 4.72 Å². The van der Waals surface area contributed by atoms with E-state index >= 15 is 0 Å². The van der Waals surface area contributed by atoms with Crippen molar-refractivity contribution in [3.05, 3.63) is 87.9 Å². The van der Waals surface area contributed by atoms with E-state index in [-0.39, 0.29) is 22.0 Å². The lowest BCUT2D eigenvalue weighted by atomic mass is 10.2. The smallest absolute Gasteiger partial charge is 0.283 e. The van der Waals surface area contributed by atoms with E-state index in [1.807, 2.05) is 4.72 Å².